The van der Waals surface area contributed by atoms with E-state index in [2.05, 4.69) is 34.4 Å². The molecule has 18 heavy (non-hydrogen) atoms. The average molecular weight is 250 g/mol. The van der Waals surface area contributed by atoms with Gasteiger partial charge in [0.05, 0.1) is 18.5 Å². The summed E-state index contributed by atoms with van der Waals surface area (Å²) in [5, 5.41) is 6.43. The molecule has 1 saturated carbocycles. The van der Waals surface area contributed by atoms with E-state index in [1.54, 1.807) is 12.4 Å². The molecule has 0 amide bonds. The maximum atomic E-state index is 5.72. The molecule has 2 atom stereocenters. The Labute approximate surface area is 108 Å². The van der Waals surface area contributed by atoms with Crippen LogP contribution in [0.4, 0.5) is 11.6 Å². The molecule has 0 aromatic carbocycles. The number of anilines is 2. The molecule has 0 saturated heterocycles. The van der Waals surface area contributed by atoms with Gasteiger partial charge in [-0.15, -0.1) is 0 Å². The fourth-order valence-electron chi connectivity index (χ4n) is 2.35. The van der Waals surface area contributed by atoms with Crippen LogP contribution in [-0.2, 0) is 4.74 Å². The van der Waals surface area contributed by atoms with E-state index in [1.807, 2.05) is 14.0 Å². The molecule has 1 aromatic heterocycles. The maximum absolute atomic E-state index is 5.72. The summed E-state index contributed by atoms with van der Waals surface area (Å²) in [6.07, 6.45) is 4.82. The van der Waals surface area contributed by atoms with E-state index < -0.39 is 0 Å². The molecule has 2 unspecified atom stereocenters. The van der Waals surface area contributed by atoms with Crippen LogP contribution in [0.5, 0.6) is 0 Å². The van der Waals surface area contributed by atoms with E-state index in [1.165, 1.54) is 0 Å². The molecule has 1 heterocycles. The highest BCUT2D eigenvalue weighted by Crippen LogP contribution is 2.44. The van der Waals surface area contributed by atoms with Crippen LogP contribution in [0, 0.1) is 5.41 Å². The number of rotatable bonds is 5. The smallest absolute Gasteiger partial charge is 0.147 e. The van der Waals surface area contributed by atoms with Gasteiger partial charge >= 0.3 is 0 Å². The zero-order valence-corrected chi connectivity index (χ0v) is 11.5. The molecule has 0 spiro atoms. The number of nitrogens with zero attached hydrogens (tertiary/aromatic N) is 2. The van der Waals surface area contributed by atoms with Gasteiger partial charge in [-0.3, -0.25) is 4.98 Å². The lowest BCUT2D eigenvalue weighted by Crippen LogP contribution is -2.58. The van der Waals surface area contributed by atoms with E-state index in [0.717, 1.165) is 24.7 Å². The van der Waals surface area contributed by atoms with Gasteiger partial charge in [-0.05, 0) is 13.3 Å². The Kier molecular flexibility index (Phi) is 3.71. The highest BCUT2D eigenvalue weighted by atomic mass is 16.5. The molecule has 0 aliphatic heterocycles. The number of ether oxygens (including phenoxy) is 1. The van der Waals surface area contributed by atoms with Crippen molar-refractivity contribution < 1.29 is 4.74 Å². The lowest BCUT2D eigenvalue weighted by molar-refractivity contribution is -0.0976. The van der Waals surface area contributed by atoms with Crippen molar-refractivity contribution in [2.45, 2.75) is 39.3 Å². The van der Waals surface area contributed by atoms with Gasteiger partial charge in [0, 0.05) is 25.1 Å². The van der Waals surface area contributed by atoms with Gasteiger partial charge in [-0.1, -0.05) is 13.8 Å². The van der Waals surface area contributed by atoms with Crippen molar-refractivity contribution in [2.75, 3.05) is 24.3 Å². The Balaban J connectivity index is 1.98. The summed E-state index contributed by atoms with van der Waals surface area (Å²) in [5.74, 6) is 1.59. The number of hydrogen-bond acceptors (Lipinski definition) is 5. The molecule has 1 fully saturated rings. The molecule has 1 aliphatic rings. The van der Waals surface area contributed by atoms with Crippen LogP contribution < -0.4 is 10.6 Å². The third-order valence-corrected chi connectivity index (χ3v) is 3.76. The maximum Gasteiger partial charge on any atom is 0.147 e. The van der Waals surface area contributed by atoms with Gasteiger partial charge < -0.3 is 15.4 Å². The molecule has 1 aromatic rings. The summed E-state index contributed by atoms with van der Waals surface area (Å²) in [7, 11) is 1.84. The van der Waals surface area contributed by atoms with Crippen LogP contribution in [0.2, 0.25) is 0 Å². The second-order valence-corrected chi connectivity index (χ2v) is 5.24. The van der Waals surface area contributed by atoms with E-state index in [9.17, 15) is 0 Å². The Hall–Kier alpha value is -1.36. The van der Waals surface area contributed by atoms with E-state index in [0.29, 0.717) is 12.1 Å². The van der Waals surface area contributed by atoms with Gasteiger partial charge in [0.25, 0.3) is 0 Å². The van der Waals surface area contributed by atoms with E-state index in [4.69, 9.17) is 4.74 Å². The van der Waals surface area contributed by atoms with Gasteiger partial charge in [0.1, 0.15) is 11.6 Å². The monoisotopic (exact) mass is 250 g/mol. The Bertz CT molecular complexity index is 408. The average Bonchev–Trinajstić information content (AvgIpc) is 2.38. The predicted octanol–water partition coefficient (Wildman–Crippen LogP) is 2.13. The Morgan fingerprint density at radius 2 is 2.11 bits per heavy atom. The lowest BCUT2D eigenvalue weighted by Gasteiger charge is -2.51. The molecule has 0 bridgehead atoms. The van der Waals surface area contributed by atoms with Crippen LogP contribution in [0.15, 0.2) is 12.4 Å². The molecule has 2 N–H and O–H groups in total. The molecular weight excluding hydrogens is 228 g/mol. The highest BCUT2D eigenvalue weighted by Gasteiger charge is 2.49. The van der Waals surface area contributed by atoms with Gasteiger partial charge in [0.2, 0.25) is 0 Å². The van der Waals surface area contributed by atoms with Gasteiger partial charge in [-0.25, -0.2) is 4.98 Å². The zero-order chi connectivity index (χ0) is 13.2. The predicted molar refractivity (Wildman–Crippen MR) is 72.8 cm³/mol. The van der Waals surface area contributed by atoms with Crippen LogP contribution in [0.3, 0.4) is 0 Å². The summed E-state index contributed by atoms with van der Waals surface area (Å²) in [6.45, 7) is 7.27. The van der Waals surface area contributed by atoms with Crippen molar-refractivity contribution in [1.29, 1.82) is 0 Å². The van der Waals surface area contributed by atoms with E-state index >= 15 is 0 Å². The molecule has 100 valence electrons. The molecular formula is C13H22N4O. The minimum Gasteiger partial charge on any atom is -0.378 e. The van der Waals surface area contributed by atoms with Crippen molar-refractivity contribution >= 4 is 11.6 Å². The third-order valence-electron chi connectivity index (χ3n) is 3.76. The highest BCUT2D eigenvalue weighted by molar-refractivity contribution is 5.42. The van der Waals surface area contributed by atoms with Crippen LogP contribution >= 0.6 is 0 Å². The largest absolute Gasteiger partial charge is 0.378 e. The van der Waals surface area contributed by atoms with Crippen molar-refractivity contribution in [2.24, 2.45) is 5.41 Å². The molecule has 5 nitrogen and oxygen atoms in total. The third kappa shape index (κ3) is 2.41. The van der Waals surface area contributed by atoms with Crippen molar-refractivity contribution in [3.8, 4) is 0 Å². The first-order chi connectivity index (χ1) is 8.57. The summed E-state index contributed by atoms with van der Waals surface area (Å²) in [6, 6.07) is 0.385. The number of nitrogens with one attached hydrogen (secondary N) is 2. The summed E-state index contributed by atoms with van der Waals surface area (Å²) in [4.78, 5) is 8.58. The van der Waals surface area contributed by atoms with Crippen LogP contribution in [0.25, 0.3) is 0 Å². The van der Waals surface area contributed by atoms with Crippen molar-refractivity contribution in [1.82, 2.24) is 9.97 Å². The second-order valence-electron chi connectivity index (χ2n) is 5.24. The van der Waals surface area contributed by atoms with Crippen molar-refractivity contribution in [3.05, 3.63) is 12.4 Å². The summed E-state index contributed by atoms with van der Waals surface area (Å²) >= 11 is 0. The number of hydrogen-bond donors (Lipinski definition) is 2. The fourth-order valence-corrected chi connectivity index (χ4v) is 2.35. The fraction of sp³-hybridized carbons (Fsp3) is 0.692. The molecule has 2 rings (SSSR count). The van der Waals surface area contributed by atoms with Crippen molar-refractivity contribution in [3.63, 3.8) is 0 Å². The minimum atomic E-state index is 0.132. The first-order valence-corrected chi connectivity index (χ1v) is 6.45. The SMILES string of the molecule is CCOC1CC(Nc2cncc(NC)n2)C1(C)C. The molecule has 5 heteroatoms. The molecule has 0 radical (unpaired) electrons. The lowest BCUT2D eigenvalue weighted by atomic mass is 9.64. The quantitative estimate of drug-likeness (QED) is 0.838. The zero-order valence-electron chi connectivity index (χ0n) is 11.5. The normalized spacial score (nSPS) is 25.3. The van der Waals surface area contributed by atoms with Gasteiger partial charge in [-0.2, -0.15) is 0 Å². The summed E-state index contributed by atoms with van der Waals surface area (Å²) in [5.41, 5.74) is 0.132. The van der Waals surface area contributed by atoms with Crippen LogP contribution in [-0.4, -0.2) is 35.8 Å². The standard InChI is InChI=1S/C13H22N4O/c1-5-18-10-6-9(13(10,2)3)16-12-8-15-7-11(14-4)17-12/h7-10H,5-6H2,1-4H3,(H2,14,16,17). The topological polar surface area (TPSA) is 59.1 Å². The number of aromatic nitrogens is 2. The Morgan fingerprint density at radius 3 is 2.72 bits per heavy atom. The van der Waals surface area contributed by atoms with Gasteiger partial charge in [0.15, 0.2) is 0 Å². The molecule has 1 aliphatic carbocycles. The second kappa shape index (κ2) is 5.10. The van der Waals surface area contributed by atoms with Crippen LogP contribution in [0.1, 0.15) is 27.2 Å². The van der Waals surface area contributed by atoms with E-state index in [-0.39, 0.29) is 5.41 Å². The first-order valence-electron chi connectivity index (χ1n) is 6.45. The first kappa shape index (κ1) is 13.1. The minimum absolute atomic E-state index is 0.132. The summed E-state index contributed by atoms with van der Waals surface area (Å²) < 4.78 is 5.72. The Morgan fingerprint density at radius 1 is 1.39 bits per heavy atom.